The number of aryl methyl sites for hydroxylation is 1. The van der Waals surface area contributed by atoms with Crippen LogP contribution in [-0.2, 0) is 11.8 Å². The van der Waals surface area contributed by atoms with Crippen LogP contribution in [0.4, 0.5) is 0 Å². The Labute approximate surface area is 95.7 Å². The Hall–Kier alpha value is -1.36. The van der Waals surface area contributed by atoms with Crippen molar-refractivity contribution in [2.75, 3.05) is 13.6 Å². The average molecular weight is 225 g/mol. The van der Waals surface area contributed by atoms with Crippen LogP contribution in [0.3, 0.4) is 0 Å². The molecule has 1 heterocycles. The van der Waals surface area contributed by atoms with E-state index >= 15 is 0 Å². The molecule has 0 aliphatic rings. The Bertz CT molecular complexity index is 349. The first kappa shape index (κ1) is 12.7. The molecule has 0 saturated heterocycles. The van der Waals surface area contributed by atoms with Crippen molar-refractivity contribution in [3.8, 4) is 0 Å². The molecule has 1 rings (SSSR count). The molecule has 0 aliphatic heterocycles. The van der Waals surface area contributed by atoms with Crippen molar-refractivity contribution in [2.45, 2.75) is 25.8 Å². The lowest BCUT2D eigenvalue weighted by molar-refractivity contribution is -0.137. The number of nitrogens with zero attached hydrogens (tertiary/aromatic N) is 3. The van der Waals surface area contributed by atoms with Gasteiger partial charge in [0.2, 0.25) is 0 Å². The molecule has 0 radical (unpaired) electrons. The maximum absolute atomic E-state index is 10.4. The normalized spacial score (nSPS) is 13.0. The minimum Gasteiger partial charge on any atom is -0.481 e. The van der Waals surface area contributed by atoms with Gasteiger partial charge in [0.25, 0.3) is 0 Å². The van der Waals surface area contributed by atoms with E-state index in [1.807, 2.05) is 24.8 Å². The molecule has 5 nitrogen and oxygen atoms in total. The van der Waals surface area contributed by atoms with Crippen molar-refractivity contribution in [1.82, 2.24) is 14.7 Å². The van der Waals surface area contributed by atoms with Gasteiger partial charge in [0, 0.05) is 25.7 Å². The fraction of sp³-hybridized carbons (Fsp3) is 0.636. The van der Waals surface area contributed by atoms with Crippen molar-refractivity contribution >= 4 is 5.97 Å². The van der Waals surface area contributed by atoms with E-state index in [1.54, 1.807) is 6.20 Å². The molecular formula is C11H19N3O2. The van der Waals surface area contributed by atoms with Crippen LogP contribution >= 0.6 is 0 Å². The second-order valence-electron chi connectivity index (χ2n) is 4.03. The number of carbonyl (C=O) groups is 1. The fourth-order valence-electron chi connectivity index (χ4n) is 1.69. The number of hydrogen-bond acceptors (Lipinski definition) is 3. The van der Waals surface area contributed by atoms with Crippen molar-refractivity contribution < 1.29 is 9.90 Å². The number of aliphatic carboxylic acids is 1. The highest BCUT2D eigenvalue weighted by Gasteiger charge is 2.14. The molecule has 1 aromatic heterocycles. The Kier molecular flexibility index (Phi) is 4.49. The van der Waals surface area contributed by atoms with Gasteiger partial charge in [-0.2, -0.15) is 5.10 Å². The van der Waals surface area contributed by atoms with Gasteiger partial charge < -0.3 is 5.11 Å². The van der Waals surface area contributed by atoms with Crippen molar-refractivity contribution in [3.05, 3.63) is 18.0 Å². The van der Waals surface area contributed by atoms with E-state index in [4.69, 9.17) is 5.11 Å². The molecule has 0 fully saturated rings. The number of carboxylic acid groups (broad SMARTS) is 1. The lowest BCUT2D eigenvalue weighted by Gasteiger charge is -2.24. The van der Waals surface area contributed by atoms with Gasteiger partial charge in [0.1, 0.15) is 0 Å². The minimum atomic E-state index is -0.735. The maximum atomic E-state index is 10.4. The minimum absolute atomic E-state index is 0.225. The quantitative estimate of drug-likeness (QED) is 0.792. The molecule has 0 spiro atoms. The second kappa shape index (κ2) is 5.65. The fourth-order valence-corrected chi connectivity index (χ4v) is 1.69. The van der Waals surface area contributed by atoms with Crippen molar-refractivity contribution in [2.24, 2.45) is 7.05 Å². The van der Waals surface area contributed by atoms with Crippen LogP contribution in [0.2, 0.25) is 0 Å². The van der Waals surface area contributed by atoms with Crippen LogP contribution in [0.1, 0.15) is 31.5 Å². The molecule has 5 heteroatoms. The van der Waals surface area contributed by atoms with E-state index in [0.717, 1.165) is 12.2 Å². The van der Waals surface area contributed by atoms with Gasteiger partial charge in [-0.05, 0) is 33.0 Å². The number of carboxylic acids is 1. The summed E-state index contributed by atoms with van der Waals surface area (Å²) in [4.78, 5) is 12.5. The van der Waals surface area contributed by atoms with Crippen molar-refractivity contribution in [1.29, 1.82) is 0 Å². The topological polar surface area (TPSA) is 58.4 Å². The van der Waals surface area contributed by atoms with E-state index in [2.05, 4.69) is 16.9 Å². The molecule has 1 N–H and O–H groups in total. The third kappa shape index (κ3) is 3.34. The molecule has 0 saturated carbocycles. The van der Waals surface area contributed by atoms with Crippen LogP contribution < -0.4 is 0 Å². The van der Waals surface area contributed by atoms with Crippen molar-refractivity contribution in [3.63, 3.8) is 0 Å². The lowest BCUT2D eigenvalue weighted by Crippen LogP contribution is -2.25. The van der Waals surface area contributed by atoms with Gasteiger partial charge >= 0.3 is 5.97 Å². The molecule has 1 aromatic rings. The van der Waals surface area contributed by atoms with Crippen LogP contribution in [0.5, 0.6) is 0 Å². The summed E-state index contributed by atoms with van der Waals surface area (Å²) in [7, 11) is 3.91. The smallest absolute Gasteiger partial charge is 0.303 e. The Morgan fingerprint density at radius 2 is 2.38 bits per heavy atom. The number of rotatable bonds is 6. The zero-order valence-electron chi connectivity index (χ0n) is 10.1. The van der Waals surface area contributed by atoms with E-state index < -0.39 is 5.97 Å². The molecule has 0 aliphatic carbocycles. The summed E-state index contributed by atoms with van der Waals surface area (Å²) in [5.74, 6) is -0.735. The summed E-state index contributed by atoms with van der Waals surface area (Å²) in [5, 5.41) is 12.7. The summed E-state index contributed by atoms with van der Waals surface area (Å²) in [6, 6.07) is 2.24. The molecule has 1 unspecified atom stereocenters. The van der Waals surface area contributed by atoms with E-state index in [-0.39, 0.29) is 12.5 Å². The molecule has 90 valence electrons. The first-order valence-electron chi connectivity index (χ1n) is 5.42. The largest absolute Gasteiger partial charge is 0.481 e. The van der Waals surface area contributed by atoms with Gasteiger partial charge in [-0.3, -0.25) is 14.4 Å². The Morgan fingerprint density at radius 3 is 2.88 bits per heavy atom. The molecule has 0 amide bonds. The predicted octanol–water partition coefficient (Wildman–Crippen LogP) is 1.28. The van der Waals surface area contributed by atoms with Crippen LogP contribution in [-0.4, -0.2) is 39.3 Å². The molecule has 1 atom stereocenters. The van der Waals surface area contributed by atoms with Gasteiger partial charge in [-0.15, -0.1) is 0 Å². The SMILES string of the molecule is CC(c1ccnn1C)N(C)CCCC(=O)O. The van der Waals surface area contributed by atoms with E-state index in [0.29, 0.717) is 6.42 Å². The summed E-state index contributed by atoms with van der Waals surface area (Å²) in [5.41, 5.74) is 1.14. The molecule has 0 aromatic carbocycles. The summed E-state index contributed by atoms with van der Waals surface area (Å²) in [6.07, 6.45) is 2.67. The lowest BCUT2D eigenvalue weighted by atomic mass is 10.2. The highest BCUT2D eigenvalue weighted by Crippen LogP contribution is 2.17. The molecule has 16 heavy (non-hydrogen) atoms. The Balaban J connectivity index is 2.45. The first-order chi connectivity index (χ1) is 7.52. The molecular weight excluding hydrogens is 206 g/mol. The van der Waals surface area contributed by atoms with Gasteiger partial charge in [-0.1, -0.05) is 0 Å². The van der Waals surface area contributed by atoms with Crippen LogP contribution in [0.25, 0.3) is 0 Å². The van der Waals surface area contributed by atoms with E-state index in [1.165, 1.54) is 0 Å². The van der Waals surface area contributed by atoms with Crippen LogP contribution in [0.15, 0.2) is 12.3 Å². The second-order valence-corrected chi connectivity index (χ2v) is 4.03. The first-order valence-corrected chi connectivity index (χ1v) is 5.42. The maximum Gasteiger partial charge on any atom is 0.303 e. The zero-order valence-corrected chi connectivity index (χ0v) is 10.1. The van der Waals surface area contributed by atoms with Gasteiger partial charge in [-0.25, -0.2) is 0 Å². The molecule has 0 bridgehead atoms. The summed E-state index contributed by atoms with van der Waals surface area (Å²) in [6.45, 7) is 2.87. The standard InChI is InChI=1S/C11H19N3O2/c1-9(10-6-7-12-14(10)3)13(2)8-4-5-11(15)16/h6-7,9H,4-5,8H2,1-3H3,(H,15,16). The number of hydrogen-bond donors (Lipinski definition) is 1. The van der Waals surface area contributed by atoms with Gasteiger partial charge in [0.15, 0.2) is 0 Å². The third-order valence-electron chi connectivity index (χ3n) is 2.85. The Morgan fingerprint density at radius 1 is 1.69 bits per heavy atom. The highest BCUT2D eigenvalue weighted by molar-refractivity contribution is 5.66. The van der Waals surface area contributed by atoms with E-state index in [9.17, 15) is 4.79 Å². The summed E-state index contributed by atoms with van der Waals surface area (Å²) < 4.78 is 1.85. The third-order valence-corrected chi connectivity index (χ3v) is 2.85. The summed E-state index contributed by atoms with van der Waals surface area (Å²) >= 11 is 0. The van der Waals surface area contributed by atoms with Gasteiger partial charge in [0.05, 0.1) is 5.69 Å². The average Bonchev–Trinajstić information content (AvgIpc) is 2.62. The zero-order chi connectivity index (χ0) is 12.1. The van der Waals surface area contributed by atoms with Crippen LogP contribution in [0, 0.1) is 0 Å². The highest BCUT2D eigenvalue weighted by atomic mass is 16.4. The predicted molar refractivity (Wildman–Crippen MR) is 61.1 cm³/mol. The number of aromatic nitrogens is 2. The monoisotopic (exact) mass is 225 g/mol.